The normalized spacial score (nSPS) is 9.93. The lowest BCUT2D eigenvalue weighted by molar-refractivity contribution is 0.395. The van der Waals surface area contributed by atoms with Crippen LogP contribution in [0.5, 0.6) is 5.75 Å². The zero-order chi connectivity index (χ0) is 11.3. The molecule has 0 aliphatic rings. The number of nitrogens with one attached hydrogen (secondary N) is 1. The Labute approximate surface area is 86.9 Å². The number of terminal acetylenes is 1. The molecule has 0 fully saturated rings. The molecule has 0 amide bonds. The topological polar surface area (TPSA) is 32.3 Å². The summed E-state index contributed by atoms with van der Waals surface area (Å²) in [6, 6.07) is 2.17. The smallest absolute Gasteiger partial charge is 0.187 e. The van der Waals surface area contributed by atoms with Crippen LogP contribution in [-0.2, 0) is 6.54 Å². The Morgan fingerprint density at radius 2 is 1.93 bits per heavy atom. The molecule has 1 rings (SSSR count). The third-order valence-corrected chi connectivity index (χ3v) is 1.85. The second-order valence-electron chi connectivity index (χ2n) is 3.04. The fourth-order valence-electron chi connectivity index (χ4n) is 1.11. The van der Waals surface area contributed by atoms with Gasteiger partial charge in [0.25, 0.3) is 0 Å². The van der Waals surface area contributed by atoms with Gasteiger partial charge in [-0.2, -0.15) is 0 Å². The number of hydrogen-bond acceptors (Lipinski definition) is 2. The van der Waals surface area contributed by atoms with Gasteiger partial charge >= 0.3 is 0 Å². The molecule has 0 bridgehead atoms. The molecule has 15 heavy (non-hydrogen) atoms. The van der Waals surface area contributed by atoms with Crippen molar-refractivity contribution in [3.8, 4) is 18.1 Å². The predicted molar refractivity (Wildman–Crippen MR) is 53.2 cm³/mol. The molecule has 2 N–H and O–H groups in total. The maximum atomic E-state index is 12.9. The van der Waals surface area contributed by atoms with Gasteiger partial charge in [0, 0.05) is 19.5 Å². The van der Waals surface area contributed by atoms with Crippen LogP contribution in [0, 0.1) is 24.0 Å². The molecule has 0 spiro atoms. The Bertz CT molecular complexity index is 362. The van der Waals surface area contributed by atoms with Gasteiger partial charge in [0.1, 0.15) is 0 Å². The van der Waals surface area contributed by atoms with Gasteiger partial charge in [-0.1, -0.05) is 0 Å². The van der Waals surface area contributed by atoms with Crippen molar-refractivity contribution in [2.24, 2.45) is 0 Å². The van der Waals surface area contributed by atoms with Crippen LogP contribution < -0.4 is 5.32 Å². The standard InChI is InChI=1S/C11H11F2NO/c1-2-3-4-14-7-8-5-9(12)11(15)10(13)6-8/h1,5-6,14-15H,3-4,7H2. The second kappa shape index (κ2) is 5.32. The molecule has 1 aromatic rings. The average Bonchev–Trinajstić information content (AvgIpc) is 2.21. The van der Waals surface area contributed by atoms with Crippen molar-refractivity contribution in [1.82, 2.24) is 5.32 Å². The van der Waals surface area contributed by atoms with Crippen LogP contribution in [0.25, 0.3) is 0 Å². The predicted octanol–water partition coefficient (Wildman–Crippen LogP) is 1.78. The van der Waals surface area contributed by atoms with E-state index in [2.05, 4.69) is 11.2 Å². The van der Waals surface area contributed by atoms with Gasteiger partial charge in [0.15, 0.2) is 17.4 Å². The van der Waals surface area contributed by atoms with Crippen LogP contribution in [-0.4, -0.2) is 11.7 Å². The molecule has 1 aromatic carbocycles. The van der Waals surface area contributed by atoms with E-state index in [9.17, 15) is 8.78 Å². The van der Waals surface area contributed by atoms with Gasteiger partial charge in [0.05, 0.1) is 0 Å². The molecule has 80 valence electrons. The van der Waals surface area contributed by atoms with E-state index in [1.54, 1.807) is 0 Å². The SMILES string of the molecule is C#CCCNCc1cc(F)c(O)c(F)c1. The molecule has 4 heteroatoms. The Morgan fingerprint density at radius 1 is 1.33 bits per heavy atom. The maximum Gasteiger partial charge on any atom is 0.187 e. The van der Waals surface area contributed by atoms with Crippen molar-refractivity contribution >= 4 is 0 Å². The molecule has 0 radical (unpaired) electrons. The number of hydrogen-bond donors (Lipinski definition) is 2. The zero-order valence-corrected chi connectivity index (χ0v) is 8.06. The fourth-order valence-corrected chi connectivity index (χ4v) is 1.11. The summed E-state index contributed by atoms with van der Waals surface area (Å²) >= 11 is 0. The lowest BCUT2D eigenvalue weighted by Crippen LogP contribution is -2.14. The molecule has 0 atom stereocenters. The summed E-state index contributed by atoms with van der Waals surface area (Å²) < 4.78 is 25.7. The summed E-state index contributed by atoms with van der Waals surface area (Å²) in [5, 5.41) is 11.8. The van der Waals surface area contributed by atoms with Crippen LogP contribution in [0.4, 0.5) is 8.78 Å². The van der Waals surface area contributed by atoms with Gasteiger partial charge in [-0.3, -0.25) is 0 Å². The second-order valence-corrected chi connectivity index (χ2v) is 3.04. The summed E-state index contributed by atoms with van der Waals surface area (Å²) in [6.07, 6.45) is 5.59. The van der Waals surface area contributed by atoms with Crippen LogP contribution in [0.3, 0.4) is 0 Å². The minimum Gasteiger partial charge on any atom is -0.503 e. The van der Waals surface area contributed by atoms with Crippen molar-refractivity contribution in [2.45, 2.75) is 13.0 Å². The van der Waals surface area contributed by atoms with E-state index in [-0.39, 0.29) is 0 Å². The van der Waals surface area contributed by atoms with Crippen LogP contribution in [0.2, 0.25) is 0 Å². The highest BCUT2D eigenvalue weighted by molar-refractivity contribution is 5.29. The third-order valence-electron chi connectivity index (χ3n) is 1.85. The molecular formula is C11H11F2NO. The zero-order valence-electron chi connectivity index (χ0n) is 8.06. The highest BCUT2D eigenvalue weighted by atomic mass is 19.1. The van der Waals surface area contributed by atoms with Crippen molar-refractivity contribution in [2.75, 3.05) is 6.54 Å². The van der Waals surface area contributed by atoms with Crippen molar-refractivity contribution in [3.05, 3.63) is 29.3 Å². The van der Waals surface area contributed by atoms with Crippen molar-refractivity contribution in [1.29, 1.82) is 0 Å². The van der Waals surface area contributed by atoms with Gasteiger partial charge in [-0.05, 0) is 17.7 Å². The Balaban J connectivity index is 2.59. The first kappa shape index (κ1) is 11.5. The molecule has 0 aromatic heterocycles. The average molecular weight is 211 g/mol. The molecule has 0 saturated heterocycles. The molecule has 0 heterocycles. The number of phenolic OH excluding ortho intramolecular Hbond substituents is 1. The minimum atomic E-state index is -0.955. The number of aromatic hydroxyl groups is 1. The first-order valence-electron chi connectivity index (χ1n) is 4.46. The van der Waals surface area contributed by atoms with Gasteiger partial charge in [-0.15, -0.1) is 12.3 Å². The molecule has 0 aliphatic heterocycles. The number of rotatable bonds is 4. The summed E-state index contributed by atoms with van der Waals surface area (Å²) in [6.45, 7) is 0.899. The highest BCUT2D eigenvalue weighted by Gasteiger charge is 2.08. The molecule has 0 saturated carbocycles. The van der Waals surface area contributed by atoms with E-state index >= 15 is 0 Å². The molecule has 2 nitrogen and oxygen atoms in total. The molecule has 0 aliphatic carbocycles. The van der Waals surface area contributed by atoms with Crippen LogP contribution in [0.1, 0.15) is 12.0 Å². The largest absolute Gasteiger partial charge is 0.503 e. The van der Waals surface area contributed by atoms with Crippen molar-refractivity contribution in [3.63, 3.8) is 0 Å². The maximum absolute atomic E-state index is 12.9. The van der Waals surface area contributed by atoms with E-state index in [1.807, 2.05) is 0 Å². The molecular weight excluding hydrogens is 200 g/mol. The Kier molecular flexibility index (Phi) is 4.07. The van der Waals surface area contributed by atoms with E-state index in [4.69, 9.17) is 11.5 Å². The minimum absolute atomic E-state index is 0.315. The summed E-state index contributed by atoms with van der Waals surface area (Å²) in [4.78, 5) is 0. The van der Waals surface area contributed by atoms with E-state index in [0.29, 0.717) is 25.1 Å². The number of phenols is 1. The summed E-state index contributed by atoms with van der Waals surface area (Å²) in [5.74, 6) is -0.417. The fraction of sp³-hybridized carbons (Fsp3) is 0.273. The quantitative estimate of drug-likeness (QED) is 0.587. The third kappa shape index (κ3) is 3.22. The van der Waals surface area contributed by atoms with Crippen LogP contribution >= 0.6 is 0 Å². The van der Waals surface area contributed by atoms with Crippen LogP contribution in [0.15, 0.2) is 12.1 Å². The Hall–Kier alpha value is -1.60. The molecule has 0 unspecified atom stereocenters. The lowest BCUT2D eigenvalue weighted by Gasteiger charge is -2.04. The van der Waals surface area contributed by atoms with E-state index in [1.165, 1.54) is 0 Å². The lowest BCUT2D eigenvalue weighted by atomic mass is 10.2. The van der Waals surface area contributed by atoms with Gasteiger partial charge < -0.3 is 10.4 Å². The van der Waals surface area contributed by atoms with E-state index < -0.39 is 17.4 Å². The summed E-state index contributed by atoms with van der Waals surface area (Å²) in [5.41, 5.74) is 0.430. The summed E-state index contributed by atoms with van der Waals surface area (Å²) in [7, 11) is 0. The monoisotopic (exact) mass is 211 g/mol. The van der Waals surface area contributed by atoms with E-state index in [0.717, 1.165) is 12.1 Å². The number of benzene rings is 1. The number of halogens is 2. The Morgan fingerprint density at radius 3 is 2.47 bits per heavy atom. The highest BCUT2D eigenvalue weighted by Crippen LogP contribution is 2.21. The van der Waals surface area contributed by atoms with Crippen molar-refractivity contribution < 1.29 is 13.9 Å². The van der Waals surface area contributed by atoms with Gasteiger partial charge in [-0.25, -0.2) is 8.78 Å². The first-order chi connectivity index (χ1) is 7.15. The first-order valence-corrected chi connectivity index (χ1v) is 4.46. The van der Waals surface area contributed by atoms with Gasteiger partial charge in [0.2, 0.25) is 0 Å².